The summed E-state index contributed by atoms with van der Waals surface area (Å²) in [5, 5.41) is -0.0167. The van der Waals surface area contributed by atoms with E-state index in [1.807, 2.05) is 5.43 Å². The molecular weight excluding hydrogens is 365 g/mol. The second-order valence-corrected chi connectivity index (χ2v) is 5.34. The van der Waals surface area contributed by atoms with Crippen molar-refractivity contribution in [2.24, 2.45) is 0 Å². The molecule has 0 unspecified atom stereocenters. The molecule has 9 heteroatoms. The highest BCUT2D eigenvalue weighted by atomic mass is 35.5. The third kappa shape index (κ3) is 3.93. The molecule has 5 nitrogen and oxygen atoms in total. The molecule has 0 fully saturated rings. The van der Waals surface area contributed by atoms with Crippen LogP contribution in [0, 0.1) is 11.6 Å². The van der Waals surface area contributed by atoms with Crippen molar-refractivity contribution in [3.8, 4) is 5.75 Å². The highest BCUT2D eigenvalue weighted by molar-refractivity contribution is 6.34. The monoisotopic (exact) mass is 374 g/mol. The van der Waals surface area contributed by atoms with E-state index in [0.29, 0.717) is 12.1 Å². The maximum atomic E-state index is 13.2. The summed E-state index contributed by atoms with van der Waals surface area (Å²) >= 11 is 11.5. The molecule has 0 atom stereocenters. The minimum atomic E-state index is -1.24. The van der Waals surface area contributed by atoms with Crippen LogP contribution in [0.3, 0.4) is 0 Å². The van der Waals surface area contributed by atoms with E-state index in [0.717, 1.165) is 0 Å². The minimum absolute atomic E-state index is 0.0710. The van der Waals surface area contributed by atoms with Crippen LogP contribution in [0.15, 0.2) is 30.3 Å². The molecule has 2 aromatic rings. The Morgan fingerprint density at radius 2 is 1.54 bits per heavy atom. The van der Waals surface area contributed by atoms with Gasteiger partial charge < -0.3 is 4.74 Å². The van der Waals surface area contributed by atoms with Gasteiger partial charge in [0.15, 0.2) is 11.6 Å². The second-order valence-electron chi connectivity index (χ2n) is 4.50. The third-order valence-electron chi connectivity index (χ3n) is 2.95. The molecule has 0 aromatic heterocycles. The molecule has 0 bridgehead atoms. The van der Waals surface area contributed by atoms with E-state index in [-0.39, 0.29) is 26.9 Å². The summed E-state index contributed by atoms with van der Waals surface area (Å²) in [7, 11) is 1.36. The molecular formula is C15H10Cl2F2N2O3. The summed E-state index contributed by atoms with van der Waals surface area (Å²) in [5.41, 5.74) is 3.89. The fourth-order valence-electron chi connectivity index (χ4n) is 1.80. The zero-order valence-electron chi connectivity index (χ0n) is 12.1. The first-order valence-electron chi connectivity index (χ1n) is 6.42. The predicted octanol–water partition coefficient (Wildman–Crippen LogP) is 3.36. The first-order chi connectivity index (χ1) is 11.3. The maximum absolute atomic E-state index is 13.2. The highest BCUT2D eigenvalue weighted by Crippen LogP contribution is 2.22. The number of ether oxygens (including phenoxy) is 1. The van der Waals surface area contributed by atoms with Crippen molar-refractivity contribution in [1.82, 2.24) is 10.9 Å². The molecule has 0 aliphatic heterocycles. The lowest BCUT2D eigenvalue weighted by Crippen LogP contribution is -2.41. The Balaban J connectivity index is 2.13. The van der Waals surface area contributed by atoms with Crippen molar-refractivity contribution in [2.45, 2.75) is 0 Å². The van der Waals surface area contributed by atoms with Gasteiger partial charge in [-0.2, -0.15) is 0 Å². The van der Waals surface area contributed by atoms with Crippen molar-refractivity contribution < 1.29 is 23.1 Å². The smallest absolute Gasteiger partial charge is 0.273 e. The van der Waals surface area contributed by atoms with Gasteiger partial charge in [-0.1, -0.05) is 23.2 Å². The Kier molecular flexibility index (Phi) is 5.58. The Morgan fingerprint density at radius 1 is 0.958 bits per heavy atom. The molecule has 0 radical (unpaired) electrons. The number of benzene rings is 2. The standard InChI is InChI=1S/C15H10Cl2F2N2O3/c1-24-13-3-2-7(16)4-9(13)15(23)21-20-14(22)8-5-11(18)12(19)6-10(8)17/h2-6H,1H3,(H,20,22)(H,21,23). The SMILES string of the molecule is COc1ccc(Cl)cc1C(=O)NNC(=O)c1cc(F)c(F)cc1Cl. The van der Waals surface area contributed by atoms with Crippen LogP contribution < -0.4 is 15.6 Å². The first kappa shape index (κ1) is 18.0. The number of hydrogen-bond acceptors (Lipinski definition) is 3. The van der Waals surface area contributed by atoms with Crippen molar-refractivity contribution in [2.75, 3.05) is 7.11 Å². The van der Waals surface area contributed by atoms with Crippen LogP contribution in [-0.2, 0) is 0 Å². The molecule has 126 valence electrons. The Labute approximate surface area is 145 Å². The molecule has 0 saturated heterocycles. The average Bonchev–Trinajstić information content (AvgIpc) is 2.55. The number of hydrogen-bond donors (Lipinski definition) is 2. The summed E-state index contributed by atoms with van der Waals surface area (Å²) in [6, 6.07) is 5.63. The zero-order chi connectivity index (χ0) is 17.9. The average molecular weight is 375 g/mol. The number of hydrazine groups is 1. The van der Waals surface area contributed by atoms with E-state index in [1.54, 1.807) is 0 Å². The van der Waals surface area contributed by atoms with E-state index >= 15 is 0 Å². The van der Waals surface area contributed by atoms with Gasteiger partial charge in [0, 0.05) is 5.02 Å². The molecule has 0 aliphatic carbocycles. The number of halogens is 4. The van der Waals surface area contributed by atoms with Crippen LogP contribution in [0.4, 0.5) is 8.78 Å². The first-order valence-corrected chi connectivity index (χ1v) is 7.18. The van der Waals surface area contributed by atoms with Gasteiger partial charge in [0.05, 0.1) is 23.3 Å². The predicted molar refractivity (Wildman–Crippen MR) is 84.3 cm³/mol. The molecule has 0 spiro atoms. The Hall–Kier alpha value is -2.38. The van der Waals surface area contributed by atoms with Crippen LogP contribution in [-0.4, -0.2) is 18.9 Å². The Morgan fingerprint density at radius 3 is 2.17 bits per heavy atom. The van der Waals surface area contributed by atoms with Crippen LogP contribution >= 0.6 is 23.2 Å². The zero-order valence-corrected chi connectivity index (χ0v) is 13.6. The summed E-state index contributed by atoms with van der Waals surface area (Å²) in [6.07, 6.45) is 0. The normalized spacial score (nSPS) is 10.2. The number of carbonyl (C=O) groups is 2. The van der Waals surface area contributed by atoms with E-state index in [2.05, 4.69) is 5.43 Å². The summed E-state index contributed by atoms with van der Waals surface area (Å²) in [5.74, 6) is -3.84. The van der Waals surface area contributed by atoms with Crippen molar-refractivity contribution >= 4 is 35.0 Å². The fraction of sp³-hybridized carbons (Fsp3) is 0.0667. The van der Waals surface area contributed by atoms with Gasteiger partial charge in [-0.3, -0.25) is 20.4 Å². The molecule has 0 heterocycles. The number of amides is 2. The van der Waals surface area contributed by atoms with Crippen LogP contribution in [0.1, 0.15) is 20.7 Å². The minimum Gasteiger partial charge on any atom is -0.496 e. The molecule has 2 rings (SSSR count). The van der Waals surface area contributed by atoms with E-state index < -0.39 is 23.4 Å². The molecule has 0 aliphatic rings. The lowest BCUT2D eigenvalue weighted by Gasteiger charge is -2.11. The van der Waals surface area contributed by atoms with Crippen molar-refractivity contribution in [1.29, 1.82) is 0 Å². The fourth-order valence-corrected chi connectivity index (χ4v) is 2.21. The van der Waals surface area contributed by atoms with Gasteiger partial charge in [-0.25, -0.2) is 8.78 Å². The van der Waals surface area contributed by atoms with Crippen molar-refractivity contribution in [3.05, 3.63) is 63.1 Å². The van der Waals surface area contributed by atoms with Gasteiger partial charge in [0.25, 0.3) is 11.8 Å². The molecule has 2 N–H and O–H groups in total. The lowest BCUT2D eigenvalue weighted by molar-refractivity contribution is 0.0844. The third-order valence-corrected chi connectivity index (χ3v) is 3.50. The lowest BCUT2D eigenvalue weighted by atomic mass is 10.2. The number of carbonyl (C=O) groups excluding carboxylic acids is 2. The van der Waals surface area contributed by atoms with E-state index in [1.165, 1.54) is 25.3 Å². The maximum Gasteiger partial charge on any atom is 0.273 e. The largest absolute Gasteiger partial charge is 0.496 e. The van der Waals surface area contributed by atoms with Crippen LogP contribution in [0.5, 0.6) is 5.75 Å². The van der Waals surface area contributed by atoms with Gasteiger partial charge in [0.2, 0.25) is 0 Å². The summed E-state index contributed by atoms with van der Waals surface area (Å²) in [4.78, 5) is 24.0. The highest BCUT2D eigenvalue weighted by Gasteiger charge is 2.17. The summed E-state index contributed by atoms with van der Waals surface area (Å²) < 4.78 is 31.2. The van der Waals surface area contributed by atoms with Gasteiger partial charge in [-0.15, -0.1) is 0 Å². The summed E-state index contributed by atoms with van der Waals surface area (Å²) in [6.45, 7) is 0. The molecule has 2 amide bonds. The Bertz CT molecular complexity index is 816. The van der Waals surface area contributed by atoms with Crippen molar-refractivity contribution in [3.63, 3.8) is 0 Å². The number of rotatable bonds is 3. The second kappa shape index (κ2) is 7.46. The molecule has 2 aromatic carbocycles. The quantitative estimate of drug-likeness (QED) is 0.639. The molecule has 24 heavy (non-hydrogen) atoms. The van der Waals surface area contributed by atoms with Crippen LogP contribution in [0.2, 0.25) is 10.0 Å². The number of nitrogens with one attached hydrogen (secondary N) is 2. The van der Waals surface area contributed by atoms with Gasteiger partial charge >= 0.3 is 0 Å². The van der Waals surface area contributed by atoms with E-state index in [4.69, 9.17) is 27.9 Å². The topological polar surface area (TPSA) is 67.4 Å². The van der Waals surface area contributed by atoms with Gasteiger partial charge in [0.1, 0.15) is 5.75 Å². The van der Waals surface area contributed by atoms with Gasteiger partial charge in [-0.05, 0) is 30.3 Å². The number of methoxy groups -OCH3 is 1. The van der Waals surface area contributed by atoms with E-state index in [9.17, 15) is 18.4 Å². The molecule has 0 saturated carbocycles. The van der Waals surface area contributed by atoms with Crippen LogP contribution in [0.25, 0.3) is 0 Å².